The quantitative estimate of drug-likeness (QED) is 0.473. The number of carbonyl (C=O) groups excluding carboxylic acids is 1. The van der Waals surface area contributed by atoms with E-state index in [0.717, 1.165) is 22.3 Å². The second-order valence-corrected chi connectivity index (χ2v) is 7.28. The molecule has 2 N–H and O–H groups in total. The van der Waals surface area contributed by atoms with E-state index in [4.69, 9.17) is 16.3 Å². The number of halogens is 1. The Morgan fingerprint density at radius 2 is 2.03 bits per heavy atom. The van der Waals surface area contributed by atoms with Gasteiger partial charge in [-0.25, -0.2) is 15.0 Å². The predicted octanol–water partition coefficient (Wildman–Crippen LogP) is 4.19. The Labute approximate surface area is 181 Å². The first kappa shape index (κ1) is 19.2. The van der Waals surface area contributed by atoms with Gasteiger partial charge >= 0.3 is 0 Å². The van der Waals surface area contributed by atoms with Gasteiger partial charge in [-0.2, -0.15) is 0 Å². The largest absolute Gasteiger partial charge is 0.456 e. The molecule has 2 aromatic carbocycles. The summed E-state index contributed by atoms with van der Waals surface area (Å²) in [4.78, 5) is 24.0. The monoisotopic (exact) mass is 433 g/mol. The van der Waals surface area contributed by atoms with Crippen molar-refractivity contribution in [2.24, 2.45) is 4.99 Å². The van der Waals surface area contributed by atoms with Crippen LogP contribution in [0.25, 0.3) is 11.0 Å². The molecule has 31 heavy (non-hydrogen) atoms. The Hall–Kier alpha value is -3.75. The molecule has 0 saturated heterocycles. The highest BCUT2D eigenvalue weighted by Crippen LogP contribution is 2.34. The number of aliphatic hydroxyl groups is 1. The van der Waals surface area contributed by atoms with Gasteiger partial charge in [0.05, 0.1) is 22.7 Å². The van der Waals surface area contributed by atoms with Gasteiger partial charge in [0.25, 0.3) is 5.91 Å². The van der Waals surface area contributed by atoms with Gasteiger partial charge in [-0.3, -0.25) is 4.79 Å². The number of hydrogen-bond donors (Lipinski definition) is 2. The van der Waals surface area contributed by atoms with Crippen LogP contribution in [-0.2, 0) is 6.54 Å². The average molecular weight is 434 g/mol. The van der Waals surface area contributed by atoms with Gasteiger partial charge in [-0.1, -0.05) is 11.6 Å². The third-order valence-corrected chi connectivity index (χ3v) is 5.18. The first-order valence-electron chi connectivity index (χ1n) is 9.50. The molecule has 0 atom stereocenters. The lowest BCUT2D eigenvalue weighted by Crippen LogP contribution is -2.04. The fourth-order valence-corrected chi connectivity index (χ4v) is 3.67. The number of nitrogens with one attached hydrogen (secondary N) is 1. The Balaban J connectivity index is 1.39. The Morgan fingerprint density at radius 1 is 1.13 bits per heavy atom. The maximum atomic E-state index is 11.6. The van der Waals surface area contributed by atoms with Crippen LogP contribution >= 0.6 is 11.6 Å². The number of aromatic nitrogens is 3. The third-order valence-electron chi connectivity index (χ3n) is 4.89. The fraction of sp³-hybridized carbons (Fsp3) is 0.0909. The second-order valence-electron chi connectivity index (χ2n) is 6.87. The van der Waals surface area contributed by atoms with Crippen molar-refractivity contribution >= 4 is 46.3 Å². The minimum absolute atomic E-state index is 0.0126. The van der Waals surface area contributed by atoms with Crippen molar-refractivity contribution in [3.05, 3.63) is 71.1 Å². The van der Waals surface area contributed by atoms with Crippen LogP contribution < -0.4 is 10.1 Å². The number of hydrogen-bond acceptors (Lipinski definition) is 6. The molecule has 2 aromatic heterocycles. The number of aliphatic hydroxyl groups excluding tert-OH is 1. The highest BCUT2D eigenvalue weighted by atomic mass is 35.5. The normalized spacial score (nSPS) is 12.4. The van der Waals surface area contributed by atoms with Gasteiger partial charge in [-0.05, 0) is 42.5 Å². The lowest BCUT2D eigenvalue weighted by molar-refractivity contribution is 0.101. The summed E-state index contributed by atoms with van der Waals surface area (Å²) in [5.74, 6) is 1.39. The van der Waals surface area contributed by atoms with E-state index in [1.165, 1.54) is 12.5 Å². The third kappa shape index (κ3) is 3.63. The summed E-state index contributed by atoms with van der Waals surface area (Å²) in [6, 6.07) is 12.3. The van der Waals surface area contributed by atoms with Crippen LogP contribution in [0.5, 0.6) is 11.5 Å². The Bertz CT molecular complexity index is 1350. The second kappa shape index (κ2) is 7.82. The summed E-state index contributed by atoms with van der Waals surface area (Å²) in [5, 5.41) is 13.0. The van der Waals surface area contributed by atoms with Crippen LogP contribution in [0.1, 0.15) is 15.9 Å². The van der Waals surface area contributed by atoms with Gasteiger partial charge in [0.1, 0.15) is 23.3 Å². The summed E-state index contributed by atoms with van der Waals surface area (Å²) in [5.41, 5.74) is 3.56. The van der Waals surface area contributed by atoms with Crippen LogP contribution in [0, 0.1) is 0 Å². The van der Waals surface area contributed by atoms with Gasteiger partial charge < -0.3 is 19.7 Å². The maximum absolute atomic E-state index is 11.6. The number of fused-ring (bicyclic) bond motifs is 2. The zero-order chi connectivity index (χ0) is 21.4. The average Bonchev–Trinajstić information content (AvgIpc) is 3.35. The molecule has 0 spiro atoms. The number of amides is 1. The van der Waals surface area contributed by atoms with Crippen LogP contribution in [0.15, 0.2) is 60.0 Å². The molecule has 0 radical (unpaired) electrons. The number of carbonyl (C=O) groups is 1. The van der Waals surface area contributed by atoms with E-state index in [2.05, 4.69) is 20.3 Å². The number of anilines is 2. The summed E-state index contributed by atoms with van der Waals surface area (Å²) >= 11 is 6.45. The van der Waals surface area contributed by atoms with E-state index < -0.39 is 0 Å². The molecule has 9 heteroatoms. The van der Waals surface area contributed by atoms with E-state index in [9.17, 15) is 9.90 Å². The van der Waals surface area contributed by atoms with Crippen molar-refractivity contribution in [1.29, 1.82) is 0 Å². The molecule has 0 fully saturated rings. The number of ether oxygens (including phenoxy) is 1. The van der Waals surface area contributed by atoms with Crippen molar-refractivity contribution in [3.63, 3.8) is 0 Å². The highest BCUT2D eigenvalue weighted by molar-refractivity contribution is 6.32. The van der Waals surface area contributed by atoms with Gasteiger partial charge in [-0.15, -0.1) is 0 Å². The molecule has 1 amide bonds. The first-order chi connectivity index (χ1) is 15.1. The molecule has 1 aliphatic heterocycles. The smallest absolute Gasteiger partial charge is 0.277 e. The molecule has 5 rings (SSSR count). The van der Waals surface area contributed by atoms with Gasteiger partial charge in [0, 0.05) is 30.2 Å². The minimum atomic E-state index is -0.251. The fourth-order valence-electron chi connectivity index (χ4n) is 3.45. The standard InChI is InChI=1S/C22H16ClN5O3/c23-17-10-14(27-21-20-18(25-12-26-21)5-6-28(20)7-8-29)1-4-19(17)31-15-2-3-16-13(9-15)11-24-22(16)30/h1-6,9-12,29H,7-8H2,(H,25,26,27). The first-order valence-corrected chi connectivity index (χ1v) is 9.88. The number of benzene rings is 2. The lowest BCUT2D eigenvalue weighted by Gasteiger charge is -2.12. The molecule has 4 aromatic rings. The van der Waals surface area contributed by atoms with Gasteiger partial charge in [0.15, 0.2) is 5.82 Å². The molecular weight excluding hydrogens is 418 g/mol. The molecule has 8 nitrogen and oxygen atoms in total. The SMILES string of the molecule is O=C1N=Cc2cc(Oc3ccc(Nc4ncnc5ccn(CCO)c45)cc3Cl)ccc21. The number of aliphatic imine (C=N–C) groups is 1. The van der Waals surface area contributed by atoms with Crippen molar-refractivity contribution < 1.29 is 14.6 Å². The topological polar surface area (TPSA) is 102 Å². The summed E-state index contributed by atoms with van der Waals surface area (Å²) in [6.45, 7) is 0.453. The summed E-state index contributed by atoms with van der Waals surface area (Å²) in [7, 11) is 0. The predicted molar refractivity (Wildman–Crippen MR) is 118 cm³/mol. The minimum Gasteiger partial charge on any atom is -0.456 e. The van der Waals surface area contributed by atoms with E-state index in [0.29, 0.717) is 34.4 Å². The van der Waals surface area contributed by atoms with Crippen molar-refractivity contribution in [3.8, 4) is 11.5 Å². The molecule has 154 valence electrons. The van der Waals surface area contributed by atoms with Crippen LogP contribution in [-0.4, -0.2) is 38.4 Å². The van der Waals surface area contributed by atoms with E-state index >= 15 is 0 Å². The van der Waals surface area contributed by atoms with Gasteiger partial charge in [0.2, 0.25) is 0 Å². The molecular formula is C22H16ClN5O3. The molecule has 0 unspecified atom stereocenters. The van der Waals surface area contributed by atoms with E-state index in [1.807, 2.05) is 22.9 Å². The van der Waals surface area contributed by atoms with Crippen molar-refractivity contribution in [2.75, 3.05) is 11.9 Å². The zero-order valence-electron chi connectivity index (χ0n) is 16.1. The van der Waals surface area contributed by atoms with E-state index in [-0.39, 0.29) is 12.5 Å². The van der Waals surface area contributed by atoms with Crippen LogP contribution in [0.3, 0.4) is 0 Å². The summed E-state index contributed by atoms with van der Waals surface area (Å²) < 4.78 is 7.78. The Kier molecular flexibility index (Phi) is 4.85. The Morgan fingerprint density at radius 3 is 2.87 bits per heavy atom. The van der Waals surface area contributed by atoms with E-state index in [1.54, 1.807) is 30.3 Å². The number of nitrogens with zero attached hydrogens (tertiary/aromatic N) is 4. The number of rotatable bonds is 6. The van der Waals surface area contributed by atoms with Crippen molar-refractivity contribution in [1.82, 2.24) is 14.5 Å². The molecule has 3 heterocycles. The van der Waals surface area contributed by atoms with Crippen molar-refractivity contribution in [2.45, 2.75) is 6.54 Å². The molecule has 0 saturated carbocycles. The highest BCUT2D eigenvalue weighted by Gasteiger charge is 2.16. The van der Waals surface area contributed by atoms with Crippen LogP contribution in [0.4, 0.5) is 11.5 Å². The summed E-state index contributed by atoms with van der Waals surface area (Å²) in [6.07, 6.45) is 4.86. The maximum Gasteiger partial charge on any atom is 0.277 e. The zero-order valence-corrected chi connectivity index (χ0v) is 16.9. The molecule has 0 aliphatic carbocycles. The lowest BCUT2D eigenvalue weighted by atomic mass is 10.1. The molecule has 0 bridgehead atoms. The van der Waals surface area contributed by atoms with Crippen LogP contribution in [0.2, 0.25) is 5.02 Å². The molecule has 1 aliphatic rings.